The third-order valence-corrected chi connectivity index (χ3v) is 5.46. The molecule has 1 saturated heterocycles. The van der Waals surface area contributed by atoms with Crippen LogP contribution in [0.2, 0.25) is 0 Å². The molecular weight excluding hydrogens is 342 g/mol. The van der Waals surface area contributed by atoms with Crippen molar-refractivity contribution in [3.63, 3.8) is 0 Å². The Labute approximate surface area is 157 Å². The fourth-order valence-corrected chi connectivity index (χ4v) is 3.77. The van der Waals surface area contributed by atoms with E-state index in [0.717, 1.165) is 36.3 Å². The lowest BCUT2D eigenvalue weighted by Gasteiger charge is -2.35. The molecule has 3 aromatic rings. The molecule has 1 fully saturated rings. The predicted molar refractivity (Wildman–Crippen MR) is 102 cm³/mol. The highest BCUT2D eigenvalue weighted by Gasteiger charge is 2.31. The number of pyridine rings is 1. The number of carbonyl (C=O) groups is 1. The maximum absolute atomic E-state index is 13.2. The Morgan fingerprint density at radius 1 is 1.22 bits per heavy atom. The molecule has 3 aromatic heterocycles. The van der Waals surface area contributed by atoms with E-state index < -0.39 is 0 Å². The Bertz CT molecular complexity index is 1080. The first-order chi connectivity index (χ1) is 13.0. The predicted octanol–water partition coefficient (Wildman–Crippen LogP) is 2.71. The minimum atomic E-state index is -0.104. The summed E-state index contributed by atoms with van der Waals surface area (Å²) in [4.78, 5) is 36.4. The Morgan fingerprint density at radius 2 is 2.04 bits per heavy atom. The van der Waals surface area contributed by atoms with Gasteiger partial charge in [-0.25, -0.2) is 9.50 Å². The van der Waals surface area contributed by atoms with E-state index in [1.165, 1.54) is 4.52 Å². The second kappa shape index (κ2) is 6.64. The Balaban J connectivity index is 1.76. The summed E-state index contributed by atoms with van der Waals surface area (Å²) in [5.41, 5.74) is 4.06. The minimum Gasteiger partial charge on any atom is -0.330 e. The molecule has 1 aliphatic rings. The second-order valence-corrected chi connectivity index (χ2v) is 7.18. The molecule has 4 rings (SSSR count). The van der Waals surface area contributed by atoms with Gasteiger partial charge in [-0.1, -0.05) is 0 Å². The number of hydrogen-bond donors (Lipinski definition) is 1. The summed E-state index contributed by atoms with van der Waals surface area (Å²) >= 11 is 0. The molecule has 0 unspecified atom stereocenters. The summed E-state index contributed by atoms with van der Waals surface area (Å²) in [5, 5.41) is 3.18. The van der Waals surface area contributed by atoms with Crippen molar-refractivity contribution in [3.8, 4) is 0 Å². The molecule has 0 aromatic carbocycles. The fourth-order valence-electron chi connectivity index (χ4n) is 3.77. The fraction of sp³-hybridized carbons (Fsp3) is 0.400. The number of nitrogens with one attached hydrogen (secondary N) is 1. The van der Waals surface area contributed by atoms with Crippen molar-refractivity contribution in [3.05, 3.63) is 63.0 Å². The van der Waals surface area contributed by atoms with Crippen molar-refractivity contribution >= 4 is 11.6 Å². The van der Waals surface area contributed by atoms with Crippen molar-refractivity contribution in [2.45, 2.75) is 46.1 Å². The van der Waals surface area contributed by atoms with Gasteiger partial charge in [-0.2, -0.15) is 0 Å². The molecule has 1 atom stereocenters. The smallest absolute Gasteiger partial charge is 0.275 e. The summed E-state index contributed by atoms with van der Waals surface area (Å²) in [5.74, 6) is -0.0170. The van der Waals surface area contributed by atoms with Crippen LogP contribution in [0, 0.1) is 20.8 Å². The Kier molecular flexibility index (Phi) is 4.30. The van der Waals surface area contributed by atoms with Crippen molar-refractivity contribution in [1.82, 2.24) is 24.5 Å². The van der Waals surface area contributed by atoms with Crippen LogP contribution in [-0.2, 0) is 0 Å². The molecule has 0 saturated carbocycles. The van der Waals surface area contributed by atoms with Gasteiger partial charge < -0.3 is 4.90 Å². The van der Waals surface area contributed by atoms with Gasteiger partial charge in [0.2, 0.25) is 0 Å². The van der Waals surface area contributed by atoms with Crippen molar-refractivity contribution in [2.75, 3.05) is 6.54 Å². The molecular formula is C20H23N5O2. The van der Waals surface area contributed by atoms with Gasteiger partial charge in [-0.3, -0.25) is 19.7 Å². The minimum absolute atomic E-state index is 0.0170. The number of rotatable bonds is 2. The molecule has 1 aliphatic heterocycles. The van der Waals surface area contributed by atoms with Gasteiger partial charge in [0.15, 0.2) is 5.65 Å². The molecule has 4 heterocycles. The standard InChI is InChI=1S/C20H23N5O2/c1-12-13(2)22-18-11-16(23-25(18)19(12)26)17-8-4-5-10-24(17)20(27)15-7-6-9-21-14(15)3/h6-7,9,11,17,23H,4-5,8,10H2,1-3H3/t17-/m1/s1. The lowest BCUT2D eigenvalue weighted by Crippen LogP contribution is -2.39. The topological polar surface area (TPSA) is 83.4 Å². The monoisotopic (exact) mass is 365 g/mol. The average molecular weight is 365 g/mol. The number of aryl methyl sites for hydroxylation is 2. The van der Waals surface area contributed by atoms with E-state index in [1.54, 1.807) is 19.2 Å². The first-order valence-electron chi connectivity index (χ1n) is 9.29. The van der Waals surface area contributed by atoms with Crippen LogP contribution >= 0.6 is 0 Å². The lowest BCUT2D eigenvalue weighted by molar-refractivity contribution is 0.0604. The van der Waals surface area contributed by atoms with Crippen molar-refractivity contribution < 1.29 is 4.79 Å². The molecule has 1 N–H and O–H groups in total. The molecule has 27 heavy (non-hydrogen) atoms. The van der Waals surface area contributed by atoms with E-state index in [9.17, 15) is 9.59 Å². The number of piperidine rings is 1. The zero-order valence-electron chi connectivity index (χ0n) is 15.8. The van der Waals surface area contributed by atoms with E-state index in [-0.39, 0.29) is 17.5 Å². The van der Waals surface area contributed by atoms with Gasteiger partial charge >= 0.3 is 0 Å². The van der Waals surface area contributed by atoms with Gasteiger partial charge in [-0.15, -0.1) is 0 Å². The van der Waals surface area contributed by atoms with Crippen LogP contribution in [0.1, 0.15) is 58.3 Å². The van der Waals surface area contributed by atoms with Gasteiger partial charge in [0.25, 0.3) is 11.5 Å². The van der Waals surface area contributed by atoms with Gasteiger partial charge in [0, 0.05) is 35.8 Å². The van der Waals surface area contributed by atoms with Crippen LogP contribution in [0.5, 0.6) is 0 Å². The first-order valence-corrected chi connectivity index (χ1v) is 9.29. The van der Waals surface area contributed by atoms with Crippen LogP contribution in [0.15, 0.2) is 29.2 Å². The Hall–Kier alpha value is -2.96. The number of likely N-dealkylation sites (tertiary alicyclic amines) is 1. The number of nitrogens with zero attached hydrogens (tertiary/aromatic N) is 4. The molecule has 0 bridgehead atoms. The number of hydrogen-bond acceptors (Lipinski definition) is 4. The highest BCUT2D eigenvalue weighted by molar-refractivity contribution is 5.95. The first kappa shape index (κ1) is 17.5. The van der Waals surface area contributed by atoms with Crippen LogP contribution in [0.4, 0.5) is 0 Å². The van der Waals surface area contributed by atoms with Gasteiger partial charge in [0.1, 0.15) is 0 Å². The molecule has 7 heteroatoms. The van der Waals surface area contributed by atoms with E-state index >= 15 is 0 Å². The van der Waals surface area contributed by atoms with Crippen LogP contribution < -0.4 is 5.56 Å². The second-order valence-electron chi connectivity index (χ2n) is 7.18. The van der Waals surface area contributed by atoms with Crippen molar-refractivity contribution in [2.24, 2.45) is 0 Å². The molecule has 1 amide bonds. The van der Waals surface area contributed by atoms with Crippen LogP contribution in [0.3, 0.4) is 0 Å². The zero-order chi connectivity index (χ0) is 19.1. The summed E-state index contributed by atoms with van der Waals surface area (Å²) in [6.45, 7) is 6.15. The number of aromatic nitrogens is 4. The molecule has 0 radical (unpaired) electrons. The summed E-state index contributed by atoms with van der Waals surface area (Å²) in [7, 11) is 0. The summed E-state index contributed by atoms with van der Waals surface area (Å²) < 4.78 is 1.48. The van der Waals surface area contributed by atoms with Gasteiger partial charge in [-0.05, 0) is 52.2 Å². The molecule has 0 spiro atoms. The number of H-pyrrole nitrogens is 1. The number of amides is 1. The van der Waals surface area contributed by atoms with E-state index in [2.05, 4.69) is 15.1 Å². The van der Waals surface area contributed by atoms with Gasteiger partial charge in [0.05, 0.1) is 17.3 Å². The largest absolute Gasteiger partial charge is 0.330 e. The van der Waals surface area contributed by atoms with Crippen molar-refractivity contribution in [1.29, 1.82) is 0 Å². The highest BCUT2D eigenvalue weighted by Crippen LogP contribution is 2.32. The normalized spacial score (nSPS) is 17.4. The highest BCUT2D eigenvalue weighted by atomic mass is 16.2. The summed E-state index contributed by atoms with van der Waals surface area (Å²) in [6.07, 6.45) is 4.55. The quantitative estimate of drug-likeness (QED) is 0.757. The molecule has 0 aliphatic carbocycles. The van der Waals surface area contributed by atoms with Crippen LogP contribution in [0.25, 0.3) is 5.65 Å². The van der Waals surface area contributed by atoms with E-state index in [1.807, 2.05) is 30.9 Å². The maximum atomic E-state index is 13.2. The van der Waals surface area contributed by atoms with E-state index in [0.29, 0.717) is 23.3 Å². The molecule has 7 nitrogen and oxygen atoms in total. The number of aromatic amines is 1. The lowest BCUT2D eigenvalue weighted by atomic mass is 9.98. The molecule has 140 valence electrons. The van der Waals surface area contributed by atoms with Crippen LogP contribution in [-0.4, -0.2) is 36.9 Å². The number of carbonyl (C=O) groups excluding carboxylic acids is 1. The number of fused-ring (bicyclic) bond motifs is 1. The zero-order valence-corrected chi connectivity index (χ0v) is 15.8. The Morgan fingerprint density at radius 3 is 2.81 bits per heavy atom. The SMILES string of the molecule is Cc1ncccc1C(=O)N1CCCC[C@@H]1c1cc2nc(C)c(C)c(=O)n2[nH]1. The average Bonchev–Trinajstić information content (AvgIpc) is 3.10. The van der Waals surface area contributed by atoms with E-state index in [4.69, 9.17) is 0 Å². The third-order valence-electron chi connectivity index (χ3n) is 5.46. The maximum Gasteiger partial charge on any atom is 0.275 e. The summed E-state index contributed by atoms with van der Waals surface area (Å²) in [6, 6.07) is 5.39. The third kappa shape index (κ3) is 2.93.